The van der Waals surface area contributed by atoms with E-state index in [2.05, 4.69) is 22.8 Å². The van der Waals surface area contributed by atoms with Crippen molar-refractivity contribution in [1.82, 2.24) is 5.32 Å². The Morgan fingerprint density at radius 2 is 1.83 bits per heavy atom. The van der Waals surface area contributed by atoms with E-state index in [1.54, 1.807) is 0 Å². The molecule has 0 unspecified atom stereocenters. The van der Waals surface area contributed by atoms with Gasteiger partial charge in [0.15, 0.2) is 0 Å². The maximum absolute atomic E-state index is 12.0. The van der Waals surface area contributed by atoms with E-state index in [9.17, 15) is 4.79 Å². The molecule has 0 aromatic heterocycles. The lowest BCUT2D eigenvalue weighted by atomic mass is 9.84. The molecule has 0 bridgehead atoms. The molecule has 3 rings (SSSR count). The molecule has 1 aromatic carbocycles. The van der Waals surface area contributed by atoms with Crippen molar-refractivity contribution in [2.24, 2.45) is 0 Å². The number of carbonyl (C=O) groups is 1. The van der Waals surface area contributed by atoms with Crippen LogP contribution in [0.3, 0.4) is 0 Å². The van der Waals surface area contributed by atoms with Crippen LogP contribution in [0.4, 0.5) is 5.69 Å². The van der Waals surface area contributed by atoms with Gasteiger partial charge < -0.3 is 15.4 Å². The molecule has 2 N–H and O–H groups in total. The standard InChI is InChI=1S/C19H28N2O2/c22-19(14-20-13-18-7-4-12-23-18)21-17-10-8-16(9-11-17)15-5-2-1-3-6-15/h8-11,15,18,20H,1-7,12-14H2,(H,21,22)/t18-/m0/s1. The summed E-state index contributed by atoms with van der Waals surface area (Å²) in [6, 6.07) is 8.40. The van der Waals surface area contributed by atoms with Gasteiger partial charge in [-0.05, 0) is 49.3 Å². The summed E-state index contributed by atoms with van der Waals surface area (Å²) < 4.78 is 5.53. The molecule has 4 heteroatoms. The Morgan fingerprint density at radius 1 is 1.04 bits per heavy atom. The van der Waals surface area contributed by atoms with Crippen molar-refractivity contribution in [3.63, 3.8) is 0 Å². The third-order valence-corrected chi connectivity index (χ3v) is 4.95. The van der Waals surface area contributed by atoms with Crippen LogP contribution in [0.15, 0.2) is 24.3 Å². The fourth-order valence-electron chi connectivity index (χ4n) is 3.63. The van der Waals surface area contributed by atoms with Gasteiger partial charge in [0.2, 0.25) is 5.91 Å². The minimum atomic E-state index is 0.00779. The highest BCUT2D eigenvalue weighted by Gasteiger charge is 2.16. The van der Waals surface area contributed by atoms with E-state index in [1.807, 2.05) is 12.1 Å². The molecule has 1 aliphatic heterocycles. The molecule has 1 atom stereocenters. The second-order valence-electron chi connectivity index (χ2n) is 6.77. The average molecular weight is 316 g/mol. The molecule has 2 fully saturated rings. The number of rotatable bonds is 6. The summed E-state index contributed by atoms with van der Waals surface area (Å²) in [7, 11) is 0. The normalized spacial score (nSPS) is 22.2. The van der Waals surface area contributed by atoms with Crippen LogP contribution in [-0.2, 0) is 9.53 Å². The van der Waals surface area contributed by atoms with Gasteiger partial charge in [-0.2, -0.15) is 0 Å². The molecule has 1 heterocycles. The molecule has 1 saturated carbocycles. The maximum atomic E-state index is 12.0. The zero-order valence-electron chi connectivity index (χ0n) is 13.9. The van der Waals surface area contributed by atoms with Crippen molar-refractivity contribution in [3.05, 3.63) is 29.8 Å². The number of carbonyl (C=O) groups excluding carboxylic acids is 1. The predicted octanol–water partition coefficient (Wildman–Crippen LogP) is 3.44. The van der Waals surface area contributed by atoms with Crippen molar-refractivity contribution in [1.29, 1.82) is 0 Å². The summed E-state index contributed by atoms with van der Waals surface area (Å²) in [5.74, 6) is 0.718. The molecular formula is C19H28N2O2. The van der Waals surface area contributed by atoms with Gasteiger partial charge >= 0.3 is 0 Å². The zero-order chi connectivity index (χ0) is 15.9. The van der Waals surface area contributed by atoms with E-state index >= 15 is 0 Å². The Labute approximate surface area is 139 Å². The zero-order valence-corrected chi connectivity index (χ0v) is 13.9. The molecular weight excluding hydrogens is 288 g/mol. The largest absolute Gasteiger partial charge is 0.377 e. The highest BCUT2D eigenvalue weighted by atomic mass is 16.5. The number of ether oxygens (including phenoxy) is 1. The quantitative estimate of drug-likeness (QED) is 0.845. The SMILES string of the molecule is O=C(CNC[C@@H]1CCCO1)Nc1ccc(C2CCCCC2)cc1. The Kier molecular flexibility index (Phi) is 6.06. The molecule has 0 radical (unpaired) electrons. The molecule has 1 saturated heterocycles. The van der Waals surface area contributed by atoms with Crippen LogP contribution < -0.4 is 10.6 Å². The third kappa shape index (κ3) is 5.05. The van der Waals surface area contributed by atoms with Crippen molar-refractivity contribution in [3.8, 4) is 0 Å². The van der Waals surface area contributed by atoms with Gasteiger partial charge in [-0.15, -0.1) is 0 Å². The second kappa shape index (κ2) is 8.46. The van der Waals surface area contributed by atoms with E-state index in [1.165, 1.54) is 37.7 Å². The minimum Gasteiger partial charge on any atom is -0.377 e. The fraction of sp³-hybridized carbons (Fsp3) is 0.632. The number of hydrogen-bond acceptors (Lipinski definition) is 3. The van der Waals surface area contributed by atoms with Gasteiger partial charge in [0, 0.05) is 18.8 Å². The van der Waals surface area contributed by atoms with Gasteiger partial charge in [0.25, 0.3) is 0 Å². The van der Waals surface area contributed by atoms with Crippen molar-refractivity contribution < 1.29 is 9.53 Å². The van der Waals surface area contributed by atoms with Crippen LogP contribution in [0.2, 0.25) is 0 Å². The molecule has 4 nitrogen and oxygen atoms in total. The Hall–Kier alpha value is -1.39. The summed E-state index contributed by atoms with van der Waals surface area (Å²) in [4.78, 5) is 12.0. The van der Waals surface area contributed by atoms with Crippen LogP contribution in [0.1, 0.15) is 56.4 Å². The third-order valence-electron chi connectivity index (χ3n) is 4.95. The van der Waals surface area contributed by atoms with Crippen LogP contribution in [0, 0.1) is 0 Å². The van der Waals surface area contributed by atoms with E-state index in [4.69, 9.17) is 4.74 Å². The minimum absolute atomic E-state index is 0.00779. The van der Waals surface area contributed by atoms with Crippen LogP contribution in [-0.4, -0.2) is 31.7 Å². The first kappa shape index (κ1) is 16.5. The van der Waals surface area contributed by atoms with Gasteiger partial charge in [-0.25, -0.2) is 0 Å². The topological polar surface area (TPSA) is 50.4 Å². The molecule has 2 aliphatic rings. The van der Waals surface area contributed by atoms with E-state index in [-0.39, 0.29) is 12.0 Å². The van der Waals surface area contributed by atoms with Crippen molar-refractivity contribution >= 4 is 11.6 Å². The first-order valence-electron chi connectivity index (χ1n) is 9.03. The number of amides is 1. The van der Waals surface area contributed by atoms with E-state index in [0.29, 0.717) is 12.5 Å². The summed E-state index contributed by atoms with van der Waals surface area (Å²) in [6.45, 7) is 1.95. The molecule has 1 aliphatic carbocycles. The van der Waals surface area contributed by atoms with E-state index < -0.39 is 0 Å². The smallest absolute Gasteiger partial charge is 0.238 e. The van der Waals surface area contributed by atoms with Crippen LogP contribution >= 0.6 is 0 Å². The Bertz CT molecular complexity index is 489. The molecule has 1 aromatic rings. The number of anilines is 1. The summed E-state index contributed by atoms with van der Waals surface area (Å²) in [5, 5.41) is 6.13. The molecule has 0 spiro atoms. The number of benzene rings is 1. The lowest BCUT2D eigenvalue weighted by Crippen LogP contribution is -2.33. The molecule has 1 amide bonds. The van der Waals surface area contributed by atoms with Crippen LogP contribution in [0.25, 0.3) is 0 Å². The summed E-state index contributed by atoms with van der Waals surface area (Å²) in [5.41, 5.74) is 2.30. The molecule has 23 heavy (non-hydrogen) atoms. The van der Waals surface area contributed by atoms with Gasteiger partial charge in [-0.3, -0.25) is 4.79 Å². The van der Waals surface area contributed by atoms with Crippen LogP contribution in [0.5, 0.6) is 0 Å². The van der Waals surface area contributed by atoms with Gasteiger partial charge in [0.05, 0.1) is 12.6 Å². The summed E-state index contributed by atoms with van der Waals surface area (Å²) >= 11 is 0. The van der Waals surface area contributed by atoms with E-state index in [0.717, 1.165) is 31.7 Å². The first-order valence-corrected chi connectivity index (χ1v) is 9.03. The monoisotopic (exact) mass is 316 g/mol. The Morgan fingerprint density at radius 3 is 2.52 bits per heavy atom. The first-order chi connectivity index (χ1) is 11.3. The highest BCUT2D eigenvalue weighted by molar-refractivity contribution is 5.92. The van der Waals surface area contributed by atoms with Gasteiger partial charge in [0.1, 0.15) is 0 Å². The van der Waals surface area contributed by atoms with Crippen molar-refractivity contribution in [2.45, 2.75) is 57.0 Å². The Balaban J connectivity index is 1.41. The number of hydrogen-bond donors (Lipinski definition) is 2. The maximum Gasteiger partial charge on any atom is 0.238 e. The lowest BCUT2D eigenvalue weighted by Gasteiger charge is -2.22. The second-order valence-corrected chi connectivity index (χ2v) is 6.77. The fourth-order valence-corrected chi connectivity index (χ4v) is 3.63. The highest BCUT2D eigenvalue weighted by Crippen LogP contribution is 2.32. The molecule has 126 valence electrons. The lowest BCUT2D eigenvalue weighted by molar-refractivity contribution is -0.115. The summed E-state index contributed by atoms with van der Waals surface area (Å²) in [6.07, 6.45) is 9.18. The average Bonchev–Trinajstić information content (AvgIpc) is 3.10. The number of nitrogens with one attached hydrogen (secondary N) is 2. The van der Waals surface area contributed by atoms with Gasteiger partial charge in [-0.1, -0.05) is 31.4 Å². The van der Waals surface area contributed by atoms with Crippen molar-refractivity contribution in [2.75, 3.05) is 25.0 Å². The predicted molar refractivity (Wildman–Crippen MR) is 92.7 cm³/mol.